The monoisotopic (exact) mass is 271 g/mol. The molecular formula is C16H21N3O. The summed E-state index contributed by atoms with van der Waals surface area (Å²) in [4.78, 5) is 0. The number of ether oxygens (including phenoxy) is 1. The van der Waals surface area contributed by atoms with Gasteiger partial charge in [-0.15, -0.1) is 0 Å². The van der Waals surface area contributed by atoms with Crippen molar-refractivity contribution in [3.05, 3.63) is 47.3 Å². The summed E-state index contributed by atoms with van der Waals surface area (Å²) < 4.78 is 5.23. The molecule has 1 atom stereocenters. The molecule has 0 spiro atoms. The van der Waals surface area contributed by atoms with Gasteiger partial charge in [-0.25, -0.2) is 0 Å². The maximum atomic E-state index is 5.23. The fourth-order valence-electron chi connectivity index (χ4n) is 2.57. The quantitative estimate of drug-likeness (QED) is 0.849. The topological polar surface area (TPSA) is 49.9 Å². The minimum atomic E-state index is 0.426. The summed E-state index contributed by atoms with van der Waals surface area (Å²) in [5, 5.41) is 10.7. The molecule has 2 aromatic rings. The van der Waals surface area contributed by atoms with Crippen molar-refractivity contribution in [3.63, 3.8) is 0 Å². The number of nitrogens with zero attached hydrogens (tertiary/aromatic N) is 1. The molecule has 1 aromatic carbocycles. The van der Waals surface area contributed by atoms with Crippen LogP contribution in [0.2, 0.25) is 0 Å². The maximum Gasteiger partial charge on any atom is 0.118 e. The fraction of sp³-hybridized carbons (Fsp3) is 0.438. The van der Waals surface area contributed by atoms with Crippen molar-refractivity contribution in [1.29, 1.82) is 0 Å². The number of nitrogens with one attached hydrogen (secondary N) is 2. The van der Waals surface area contributed by atoms with Crippen LogP contribution in [0.25, 0.3) is 0 Å². The summed E-state index contributed by atoms with van der Waals surface area (Å²) in [6.07, 6.45) is 4.53. The number of H-pyrrole nitrogens is 1. The van der Waals surface area contributed by atoms with Crippen LogP contribution in [0.15, 0.2) is 30.5 Å². The number of hydrogen-bond acceptors (Lipinski definition) is 3. The zero-order chi connectivity index (χ0) is 13.9. The normalized spacial score (nSPS) is 16.1. The third-order valence-electron chi connectivity index (χ3n) is 4.02. The van der Waals surface area contributed by atoms with E-state index in [-0.39, 0.29) is 0 Å². The Morgan fingerprint density at radius 1 is 1.35 bits per heavy atom. The molecule has 0 amide bonds. The van der Waals surface area contributed by atoms with Crippen molar-refractivity contribution in [3.8, 4) is 5.75 Å². The van der Waals surface area contributed by atoms with Crippen LogP contribution < -0.4 is 10.1 Å². The first-order chi connectivity index (χ1) is 9.78. The Kier molecular flexibility index (Phi) is 3.74. The minimum absolute atomic E-state index is 0.426. The van der Waals surface area contributed by atoms with Gasteiger partial charge in [-0.2, -0.15) is 5.10 Å². The average molecular weight is 271 g/mol. The summed E-state index contributed by atoms with van der Waals surface area (Å²) in [6.45, 7) is 2.92. The van der Waals surface area contributed by atoms with E-state index >= 15 is 0 Å². The Hall–Kier alpha value is -1.81. The van der Waals surface area contributed by atoms with Crippen molar-refractivity contribution in [2.75, 3.05) is 7.11 Å². The molecule has 106 valence electrons. The molecule has 1 aliphatic rings. The predicted octanol–water partition coefficient (Wildman–Crippen LogP) is 2.97. The van der Waals surface area contributed by atoms with Gasteiger partial charge in [0.2, 0.25) is 0 Å². The Bertz CT molecular complexity index is 557. The zero-order valence-electron chi connectivity index (χ0n) is 12.0. The molecule has 1 fully saturated rings. The largest absolute Gasteiger partial charge is 0.497 e. The highest BCUT2D eigenvalue weighted by molar-refractivity contribution is 5.30. The van der Waals surface area contributed by atoms with Crippen molar-refractivity contribution < 1.29 is 4.74 Å². The van der Waals surface area contributed by atoms with Crippen LogP contribution >= 0.6 is 0 Å². The lowest BCUT2D eigenvalue weighted by molar-refractivity contribution is 0.413. The molecule has 1 aromatic heterocycles. The number of aromatic nitrogens is 2. The SMILES string of the molecule is COc1ccc([C@@H](NCc2cn[nH]c2C)C2CC2)cc1. The molecule has 4 heteroatoms. The molecule has 0 bridgehead atoms. The molecule has 4 nitrogen and oxygen atoms in total. The van der Waals surface area contributed by atoms with E-state index in [1.807, 2.05) is 18.3 Å². The van der Waals surface area contributed by atoms with Crippen LogP contribution in [0.1, 0.15) is 35.7 Å². The van der Waals surface area contributed by atoms with Gasteiger partial charge in [0.15, 0.2) is 0 Å². The molecule has 0 unspecified atom stereocenters. The van der Waals surface area contributed by atoms with E-state index in [1.54, 1.807) is 7.11 Å². The van der Waals surface area contributed by atoms with Crippen LogP contribution in [0.3, 0.4) is 0 Å². The molecule has 1 saturated carbocycles. The van der Waals surface area contributed by atoms with Crippen molar-refractivity contribution in [2.45, 2.75) is 32.4 Å². The van der Waals surface area contributed by atoms with Gasteiger partial charge in [0.1, 0.15) is 5.75 Å². The van der Waals surface area contributed by atoms with Crippen LogP contribution in [-0.4, -0.2) is 17.3 Å². The van der Waals surface area contributed by atoms with E-state index in [1.165, 1.54) is 24.0 Å². The first-order valence-corrected chi connectivity index (χ1v) is 7.14. The van der Waals surface area contributed by atoms with Crippen LogP contribution in [0.5, 0.6) is 5.75 Å². The smallest absolute Gasteiger partial charge is 0.118 e. The van der Waals surface area contributed by atoms with Gasteiger partial charge in [0.05, 0.1) is 13.3 Å². The van der Waals surface area contributed by atoms with Gasteiger partial charge in [-0.1, -0.05) is 12.1 Å². The lowest BCUT2D eigenvalue weighted by Gasteiger charge is -2.19. The lowest BCUT2D eigenvalue weighted by Crippen LogP contribution is -2.22. The Morgan fingerprint density at radius 3 is 2.65 bits per heavy atom. The van der Waals surface area contributed by atoms with Crippen molar-refractivity contribution in [1.82, 2.24) is 15.5 Å². The van der Waals surface area contributed by atoms with Gasteiger partial charge >= 0.3 is 0 Å². The van der Waals surface area contributed by atoms with Crippen LogP contribution in [-0.2, 0) is 6.54 Å². The molecule has 3 rings (SSSR count). The van der Waals surface area contributed by atoms with Gasteiger partial charge in [-0.05, 0) is 43.4 Å². The molecule has 0 radical (unpaired) electrons. The highest BCUT2D eigenvalue weighted by Gasteiger charge is 2.32. The second-order valence-electron chi connectivity index (χ2n) is 5.49. The molecular weight excluding hydrogens is 250 g/mol. The van der Waals surface area contributed by atoms with E-state index < -0.39 is 0 Å². The molecule has 2 N–H and O–H groups in total. The Labute approximate surface area is 119 Å². The standard InChI is InChI=1S/C16H21N3O/c1-11-14(10-18-19-11)9-17-16(12-3-4-12)13-5-7-15(20-2)8-6-13/h5-8,10,12,16-17H,3-4,9H2,1-2H3,(H,18,19)/t16-/m0/s1. The van der Waals surface area contributed by atoms with E-state index in [0.717, 1.165) is 23.9 Å². The summed E-state index contributed by atoms with van der Waals surface area (Å²) in [5.74, 6) is 1.67. The first-order valence-electron chi connectivity index (χ1n) is 7.14. The zero-order valence-corrected chi connectivity index (χ0v) is 12.0. The highest BCUT2D eigenvalue weighted by Crippen LogP contribution is 2.41. The Balaban J connectivity index is 1.70. The molecule has 1 heterocycles. The van der Waals surface area contributed by atoms with E-state index in [2.05, 4.69) is 34.6 Å². The van der Waals surface area contributed by atoms with Gasteiger partial charge < -0.3 is 10.1 Å². The summed E-state index contributed by atoms with van der Waals surface area (Å²) in [5.41, 5.74) is 3.72. The number of aryl methyl sites for hydroxylation is 1. The van der Waals surface area contributed by atoms with Gasteiger partial charge in [-0.3, -0.25) is 5.10 Å². The predicted molar refractivity (Wildman–Crippen MR) is 78.6 cm³/mol. The number of aromatic amines is 1. The third-order valence-corrected chi connectivity index (χ3v) is 4.02. The van der Waals surface area contributed by atoms with Crippen LogP contribution in [0, 0.1) is 12.8 Å². The van der Waals surface area contributed by atoms with Crippen LogP contribution in [0.4, 0.5) is 0 Å². The summed E-state index contributed by atoms with van der Waals surface area (Å²) in [6, 6.07) is 8.83. The number of rotatable bonds is 6. The lowest BCUT2D eigenvalue weighted by atomic mass is 10.0. The van der Waals surface area contributed by atoms with Gasteiger partial charge in [0, 0.05) is 23.8 Å². The first kappa shape index (κ1) is 13.2. The van der Waals surface area contributed by atoms with E-state index in [4.69, 9.17) is 4.74 Å². The van der Waals surface area contributed by atoms with Crippen molar-refractivity contribution >= 4 is 0 Å². The van der Waals surface area contributed by atoms with E-state index in [9.17, 15) is 0 Å². The van der Waals surface area contributed by atoms with E-state index in [0.29, 0.717) is 6.04 Å². The molecule has 0 saturated heterocycles. The minimum Gasteiger partial charge on any atom is -0.497 e. The third kappa shape index (κ3) is 2.85. The number of benzene rings is 1. The fourth-order valence-corrected chi connectivity index (χ4v) is 2.57. The Morgan fingerprint density at radius 2 is 2.10 bits per heavy atom. The highest BCUT2D eigenvalue weighted by atomic mass is 16.5. The number of methoxy groups -OCH3 is 1. The molecule has 1 aliphatic carbocycles. The van der Waals surface area contributed by atoms with Gasteiger partial charge in [0.25, 0.3) is 0 Å². The average Bonchev–Trinajstić information content (AvgIpc) is 3.23. The summed E-state index contributed by atoms with van der Waals surface area (Å²) >= 11 is 0. The molecule has 0 aliphatic heterocycles. The second-order valence-corrected chi connectivity index (χ2v) is 5.49. The second kappa shape index (κ2) is 5.67. The number of hydrogen-bond donors (Lipinski definition) is 2. The molecule has 20 heavy (non-hydrogen) atoms. The maximum absolute atomic E-state index is 5.23. The summed E-state index contributed by atoms with van der Waals surface area (Å²) in [7, 11) is 1.70. The van der Waals surface area contributed by atoms with Crippen molar-refractivity contribution in [2.24, 2.45) is 5.92 Å².